The highest BCUT2D eigenvalue weighted by Gasteiger charge is 2.24. The maximum absolute atomic E-state index is 6.37. The molecule has 1 N–H and O–H groups in total. The third-order valence-corrected chi connectivity index (χ3v) is 4.60. The van der Waals surface area contributed by atoms with Gasteiger partial charge in [0, 0.05) is 16.3 Å². The molecule has 0 aliphatic carbocycles. The first-order valence-corrected chi connectivity index (χ1v) is 8.28. The van der Waals surface area contributed by atoms with E-state index in [1.165, 1.54) is 5.56 Å². The summed E-state index contributed by atoms with van der Waals surface area (Å²) >= 11 is 12.4. The van der Waals surface area contributed by atoms with Gasteiger partial charge in [-0.3, -0.25) is 0 Å². The van der Waals surface area contributed by atoms with E-state index in [0.717, 1.165) is 16.8 Å². The fraction of sp³-hybridized carbons (Fsp3) is 0.111. The molecule has 2 heterocycles. The van der Waals surface area contributed by atoms with Crippen molar-refractivity contribution in [3.8, 4) is 0 Å². The summed E-state index contributed by atoms with van der Waals surface area (Å²) in [5, 5.41) is 8.84. The number of aromatic nitrogens is 3. The van der Waals surface area contributed by atoms with E-state index in [4.69, 9.17) is 23.2 Å². The minimum absolute atomic E-state index is 0.0499. The summed E-state index contributed by atoms with van der Waals surface area (Å²) in [4.78, 5) is 4.30. The van der Waals surface area contributed by atoms with E-state index in [-0.39, 0.29) is 6.04 Å². The molecule has 1 aliphatic rings. The Kier molecular flexibility index (Phi) is 3.79. The Balaban J connectivity index is 1.82. The summed E-state index contributed by atoms with van der Waals surface area (Å²) in [6.07, 6.45) is 3.64. The SMILES string of the molecule is Cc1ccc([C@H]2C=C(c3ccc(Cl)cc3Cl)Nc3ncnn32)cc1. The Morgan fingerprint density at radius 1 is 1.08 bits per heavy atom. The number of aryl methyl sites for hydroxylation is 1. The molecule has 3 aromatic rings. The van der Waals surface area contributed by atoms with Crippen LogP contribution in [0.5, 0.6) is 0 Å². The number of nitrogens with one attached hydrogen (secondary N) is 1. The topological polar surface area (TPSA) is 42.7 Å². The molecule has 1 aromatic heterocycles. The molecule has 0 saturated heterocycles. The lowest BCUT2D eigenvalue weighted by Gasteiger charge is -2.25. The number of halogens is 2. The molecule has 0 radical (unpaired) electrons. The van der Waals surface area contributed by atoms with E-state index in [1.54, 1.807) is 12.4 Å². The van der Waals surface area contributed by atoms with Crippen molar-refractivity contribution >= 4 is 34.8 Å². The lowest BCUT2D eigenvalue weighted by molar-refractivity contribution is 0.612. The maximum atomic E-state index is 6.37. The lowest BCUT2D eigenvalue weighted by Crippen LogP contribution is -2.20. The van der Waals surface area contributed by atoms with Gasteiger partial charge in [-0.15, -0.1) is 0 Å². The van der Waals surface area contributed by atoms with Crippen LogP contribution >= 0.6 is 23.2 Å². The predicted molar refractivity (Wildman–Crippen MR) is 97.4 cm³/mol. The molecule has 24 heavy (non-hydrogen) atoms. The molecule has 120 valence electrons. The van der Waals surface area contributed by atoms with Crippen LogP contribution < -0.4 is 5.32 Å². The summed E-state index contributed by atoms with van der Waals surface area (Å²) < 4.78 is 1.86. The zero-order valence-electron chi connectivity index (χ0n) is 12.9. The summed E-state index contributed by atoms with van der Waals surface area (Å²) in [5.41, 5.74) is 4.13. The van der Waals surface area contributed by atoms with Crippen LogP contribution in [0.15, 0.2) is 54.9 Å². The molecule has 0 amide bonds. The van der Waals surface area contributed by atoms with Gasteiger partial charge in [-0.2, -0.15) is 10.1 Å². The van der Waals surface area contributed by atoms with Crippen molar-refractivity contribution in [2.75, 3.05) is 5.32 Å². The number of anilines is 1. The number of benzene rings is 2. The average Bonchev–Trinajstić information content (AvgIpc) is 3.03. The first-order valence-electron chi connectivity index (χ1n) is 7.52. The molecule has 4 rings (SSSR count). The van der Waals surface area contributed by atoms with E-state index in [0.29, 0.717) is 16.0 Å². The zero-order valence-corrected chi connectivity index (χ0v) is 14.4. The Bertz CT molecular complexity index is 928. The molecule has 0 saturated carbocycles. The van der Waals surface area contributed by atoms with Crippen molar-refractivity contribution in [1.82, 2.24) is 14.8 Å². The van der Waals surface area contributed by atoms with Gasteiger partial charge in [0.2, 0.25) is 5.95 Å². The van der Waals surface area contributed by atoms with E-state index in [9.17, 15) is 0 Å². The maximum Gasteiger partial charge on any atom is 0.226 e. The fourth-order valence-corrected chi connectivity index (χ4v) is 3.31. The summed E-state index contributed by atoms with van der Waals surface area (Å²) in [6, 6.07) is 13.8. The zero-order chi connectivity index (χ0) is 16.7. The van der Waals surface area contributed by atoms with Crippen LogP contribution in [0, 0.1) is 6.92 Å². The van der Waals surface area contributed by atoms with E-state index in [2.05, 4.69) is 52.7 Å². The number of nitrogens with zero attached hydrogens (tertiary/aromatic N) is 3. The standard InChI is InChI=1S/C18H14Cl2N4/c1-11-2-4-12(5-3-11)17-9-16(23-18-21-10-22-24(17)18)14-7-6-13(19)8-15(14)20/h2-10,17H,1H3,(H,21,22,23)/t17-/m1/s1. The second kappa shape index (κ2) is 5.96. The minimum atomic E-state index is -0.0499. The predicted octanol–water partition coefficient (Wildman–Crippen LogP) is 4.95. The molecule has 2 aromatic carbocycles. The second-order valence-electron chi connectivity index (χ2n) is 5.71. The van der Waals surface area contributed by atoms with Crippen LogP contribution in [0.1, 0.15) is 22.7 Å². The molecular weight excluding hydrogens is 343 g/mol. The van der Waals surface area contributed by atoms with Crippen LogP contribution in [0.3, 0.4) is 0 Å². The normalized spacial score (nSPS) is 16.3. The van der Waals surface area contributed by atoms with Crippen LogP contribution in [0.4, 0.5) is 5.95 Å². The average molecular weight is 357 g/mol. The number of allylic oxidation sites excluding steroid dienone is 1. The highest BCUT2D eigenvalue weighted by atomic mass is 35.5. The third-order valence-electron chi connectivity index (χ3n) is 4.05. The van der Waals surface area contributed by atoms with Gasteiger partial charge >= 0.3 is 0 Å². The molecule has 4 nitrogen and oxygen atoms in total. The van der Waals surface area contributed by atoms with E-state index in [1.807, 2.05) is 16.8 Å². The summed E-state index contributed by atoms with van der Waals surface area (Å²) in [6.45, 7) is 2.07. The number of rotatable bonds is 2. The van der Waals surface area contributed by atoms with Gasteiger partial charge in [0.25, 0.3) is 0 Å². The van der Waals surface area contributed by atoms with Crippen molar-refractivity contribution in [3.63, 3.8) is 0 Å². The molecular formula is C18H14Cl2N4. The smallest absolute Gasteiger partial charge is 0.226 e. The monoisotopic (exact) mass is 356 g/mol. The molecule has 1 atom stereocenters. The Morgan fingerprint density at radius 3 is 2.62 bits per heavy atom. The number of hydrogen-bond donors (Lipinski definition) is 1. The van der Waals surface area contributed by atoms with Crippen LogP contribution in [-0.2, 0) is 0 Å². The van der Waals surface area contributed by atoms with Crippen molar-refractivity contribution < 1.29 is 0 Å². The van der Waals surface area contributed by atoms with Crippen LogP contribution in [0.25, 0.3) is 5.70 Å². The summed E-state index contributed by atoms with van der Waals surface area (Å²) in [7, 11) is 0. The lowest BCUT2D eigenvalue weighted by atomic mass is 10.0. The molecule has 1 aliphatic heterocycles. The largest absolute Gasteiger partial charge is 0.324 e. The molecule has 6 heteroatoms. The molecule has 0 spiro atoms. The van der Waals surface area contributed by atoms with Gasteiger partial charge < -0.3 is 5.32 Å². The second-order valence-corrected chi connectivity index (χ2v) is 6.56. The number of fused-ring (bicyclic) bond motifs is 1. The minimum Gasteiger partial charge on any atom is -0.324 e. The van der Waals surface area contributed by atoms with Gasteiger partial charge in [-0.05, 0) is 36.8 Å². The highest BCUT2D eigenvalue weighted by molar-refractivity contribution is 6.35. The van der Waals surface area contributed by atoms with Gasteiger partial charge in [0.05, 0.1) is 5.02 Å². The van der Waals surface area contributed by atoms with Crippen LogP contribution in [0.2, 0.25) is 10.0 Å². The quantitative estimate of drug-likeness (QED) is 0.706. The van der Waals surface area contributed by atoms with Crippen LogP contribution in [-0.4, -0.2) is 14.8 Å². The Hall–Kier alpha value is -2.30. The fourth-order valence-electron chi connectivity index (χ4n) is 2.80. The highest BCUT2D eigenvalue weighted by Crippen LogP contribution is 2.35. The first kappa shape index (κ1) is 15.2. The van der Waals surface area contributed by atoms with E-state index < -0.39 is 0 Å². The summed E-state index contributed by atoms with van der Waals surface area (Å²) in [5.74, 6) is 0.684. The Labute approximate surface area is 149 Å². The third kappa shape index (κ3) is 2.68. The van der Waals surface area contributed by atoms with Gasteiger partial charge in [-0.1, -0.05) is 53.0 Å². The first-order chi connectivity index (χ1) is 11.6. The van der Waals surface area contributed by atoms with Gasteiger partial charge in [-0.25, -0.2) is 4.68 Å². The van der Waals surface area contributed by atoms with Crippen molar-refractivity contribution in [2.24, 2.45) is 0 Å². The Morgan fingerprint density at radius 2 is 1.88 bits per heavy atom. The number of hydrogen-bond acceptors (Lipinski definition) is 3. The van der Waals surface area contributed by atoms with Crippen molar-refractivity contribution in [1.29, 1.82) is 0 Å². The molecule has 0 fully saturated rings. The van der Waals surface area contributed by atoms with Gasteiger partial charge in [0.15, 0.2) is 0 Å². The van der Waals surface area contributed by atoms with Crippen molar-refractivity contribution in [3.05, 3.63) is 81.6 Å². The van der Waals surface area contributed by atoms with Crippen molar-refractivity contribution in [2.45, 2.75) is 13.0 Å². The van der Waals surface area contributed by atoms with E-state index >= 15 is 0 Å². The van der Waals surface area contributed by atoms with Gasteiger partial charge in [0.1, 0.15) is 12.4 Å². The molecule has 0 bridgehead atoms. The molecule has 0 unspecified atom stereocenters.